The molecule has 7 heteroatoms. The topological polar surface area (TPSA) is 67.2 Å². The van der Waals surface area contributed by atoms with E-state index in [2.05, 4.69) is 10.3 Å². The van der Waals surface area contributed by atoms with Gasteiger partial charge in [-0.3, -0.25) is 0 Å². The summed E-state index contributed by atoms with van der Waals surface area (Å²) in [6.45, 7) is 3.04. The smallest absolute Gasteiger partial charge is 0.218 e. The van der Waals surface area contributed by atoms with Gasteiger partial charge in [0.15, 0.2) is 0 Å². The third-order valence-electron chi connectivity index (χ3n) is 3.51. The van der Waals surface area contributed by atoms with Crippen molar-refractivity contribution in [2.24, 2.45) is 0 Å². The van der Waals surface area contributed by atoms with E-state index in [0.29, 0.717) is 32.6 Å². The molecule has 1 aromatic heterocycles. The summed E-state index contributed by atoms with van der Waals surface area (Å²) in [4.78, 5) is 4.19. The highest BCUT2D eigenvalue weighted by Crippen LogP contribution is 2.20. The van der Waals surface area contributed by atoms with Crippen LogP contribution < -0.4 is 5.32 Å². The molecule has 3 heterocycles. The van der Waals surface area contributed by atoms with Crippen molar-refractivity contribution in [1.29, 1.82) is 0 Å². The highest BCUT2D eigenvalue weighted by molar-refractivity contribution is 7.89. The lowest BCUT2D eigenvalue weighted by Gasteiger charge is -2.29. The number of nitrogens with zero attached hydrogens (tertiary/aromatic N) is 3. The minimum Gasteiger partial charge on any atom is -0.333 e. The number of hydrogen-bond acceptors (Lipinski definition) is 4. The van der Waals surface area contributed by atoms with Crippen molar-refractivity contribution in [3.63, 3.8) is 0 Å². The lowest BCUT2D eigenvalue weighted by Crippen LogP contribution is -2.43. The van der Waals surface area contributed by atoms with Gasteiger partial charge in [0.2, 0.25) is 10.0 Å². The van der Waals surface area contributed by atoms with Crippen molar-refractivity contribution in [2.75, 3.05) is 19.6 Å². The Morgan fingerprint density at radius 1 is 1.41 bits per heavy atom. The maximum atomic E-state index is 12.4. The van der Waals surface area contributed by atoms with Gasteiger partial charge in [0.25, 0.3) is 0 Å². The summed E-state index contributed by atoms with van der Waals surface area (Å²) in [5, 5.41) is 2.84. The Kier molecular flexibility index (Phi) is 2.68. The lowest BCUT2D eigenvalue weighted by atomic mass is 10.4. The average Bonchev–Trinajstić information content (AvgIpc) is 2.99. The summed E-state index contributed by atoms with van der Waals surface area (Å²) >= 11 is 0. The molecular weight excluding hydrogens is 240 g/mol. The largest absolute Gasteiger partial charge is 0.333 e. The predicted octanol–water partition coefficient (Wildman–Crippen LogP) is -0.610. The number of fused-ring (bicyclic) bond motifs is 1. The molecule has 94 valence electrons. The van der Waals surface area contributed by atoms with Crippen molar-refractivity contribution in [2.45, 2.75) is 24.8 Å². The molecule has 3 rings (SSSR count). The number of imidazole rings is 1. The van der Waals surface area contributed by atoms with Crippen LogP contribution in [-0.4, -0.2) is 47.2 Å². The van der Waals surface area contributed by atoms with Gasteiger partial charge in [0.1, 0.15) is 5.82 Å². The first-order valence-corrected chi connectivity index (χ1v) is 7.38. The minimum absolute atomic E-state index is 0.260. The molecule has 0 spiro atoms. The Labute approximate surface area is 101 Å². The van der Waals surface area contributed by atoms with Crippen molar-refractivity contribution in [3.8, 4) is 0 Å². The number of nitrogens with one attached hydrogen (secondary N) is 1. The quantitative estimate of drug-likeness (QED) is 0.766. The van der Waals surface area contributed by atoms with Crippen molar-refractivity contribution >= 4 is 10.0 Å². The number of rotatable bonds is 2. The van der Waals surface area contributed by atoms with Gasteiger partial charge in [0, 0.05) is 32.0 Å². The van der Waals surface area contributed by atoms with Crippen LogP contribution in [0.5, 0.6) is 0 Å². The highest BCUT2D eigenvalue weighted by atomic mass is 32.2. The summed E-state index contributed by atoms with van der Waals surface area (Å²) in [5.41, 5.74) is 0. The fourth-order valence-electron chi connectivity index (χ4n) is 2.46. The van der Waals surface area contributed by atoms with Gasteiger partial charge < -0.3 is 9.88 Å². The predicted molar refractivity (Wildman–Crippen MR) is 62.8 cm³/mol. The second-order valence-corrected chi connectivity index (χ2v) is 6.74. The van der Waals surface area contributed by atoms with Gasteiger partial charge in [-0.2, -0.15) is 4.31 Å². The lowest BCUT2D eigenvalue weighted by molar-refractivity contribution is 0.332. The number of hydrogen-bond donors (Lipinski definition) is 1. The fourth-order valence-corrected chi connectivity index (χ4v) is 4.26. The van der Waals surface area contributed by atoms with E-state index in [1.165, 1.54) is 0 Å². The van der Waals surface area contributed by atoms with Crippen LogP contribution in [0.25, 0.3) is 0 Å². The van der Waals surface area contributed by atoms with Crippen LogP contribution in [0, 0.1) is 0 Å². The molecule has 0 radical (unpaired) electrons. The monoisotopic (exact) mass is 256 g/mol. The first-order chi connectivity index (χ1) is 8.18. The molecule has 6 nitrogen and oxygen atoms in total. The molecule has 1 saturated heterocycles. The molecule has 0 amide bonds. The molecule has 2 aliphatic rings. The van der Waals surface area contributed by atoms with Gasteiger partial charge in [-0.15, -0.1) is 0 Å². The second kappa shape index (κ2) is 4.08. The Balaban J connectivity index is 1.82. The van der Waals surface area contributed by atoms with Crippen LogP contribution in [0.2, 0.25) is 0 Å². The molecule has 0 aliphatic carbocycles. The van der Waals surface area contributed by atoms with Crippen LogP contribution in [-0.2, 0) is 23.1 Å². The molecule has 0 bridgehead atoms. The van der Waals surface area contributed by atoms with Gasteiger partial charge in [-0.1, -0.05) is 0 Å². The summed E-state index contributed by atoms with van der Waals surface area (Å²) < 4.78 is 28.3. The third-order valence-corrected chi connectivity index (χ3v) is 5.78. The Morgan fingerprint density at radius 3 is 3.06 bits per heavy atom. The highest BCUT2D eigenvalue weighted by Gasteiger charge is 2.35. The second-order valence-electron chi connectivity index (χ2n) is 4.53. The van der Waals surface area contributed by atoms with Crippen LogP contribution >= 0.6 is 0 Å². The third kappa shape index (κ3) is 1.88. The summed E-state index contributed by atoms with van der Waals surface area (Å²) in [5.74, 6) is 0.839. The van der Waals surface area contributed by atoms with E-state index in [1.54, 1.807) is 10.5 Å². The van der Waals surface area contributed by atoms with E-state index in [0.717, 1.165) is 12.4 Å². The first-order valence-electron chi connectivity index (χ1n) is 5.87. The van der Waals surface area contributed by atoms with E-state index < -0.39 is 10.0 Å². The number of aromatic nitrogens is 2. The fraction of sp³-hybridized carbons (Fsp3) is 0.700. The van der Waals surface area contributed by atoms with E-state index in [4.69, 9.17) is 0 Å². The molecule has 1 aromatic rings. The molecule has 0 saturated carbocycles. The molecule has 0 aromatic carbocycles. The first kappa shape index (κ1) is 11.2. The Morgan fingerprint density at radius 2 is 2.29 bits per heavy atom. The zero-order valence-electron chi connectivity index (χ0n) is 9.54. The molecule has 2 aliphatic heterocycles. The Bertz CT molecular complexity index is 504. The maximum absolute atomic E-state index is 12.4. The normalized spacial score (nSPS) is 26.0. The number of sulfonamides is 1. The van der Waals surface area contributed by atoms with Gasteiger partial charge >= 0.3 is 0 Å². The van der Waals surface area contributed by atoms with Gasteiger partial charge in [-0.05, 0) is 13.0 Å². The average molecular weight is 256 g/mol. The van der Waals surface area contributed by atoms with Crippen LogP contribution in [0.15, 0.2) is 12.4 Å². The molecule has 1 unspecified atom stereocenters. The van der Waals surface area contributed by atoms with Crippen molar-refractivity contribution < 1.29 is 8.42 Å². The van der Waals surface area contributed by atoms with Gasteiger partial charge in [0.05, 0.1) is 11.8 Å². The van der Waals surface area contributed by atoms with E-state index >= 15 is 0 Å². The summed E-state index contributed by atoms with van der Waals surface area (Å²) in [7, 11) is -3.16. The van der Waals surface area contributed by atoms with Crippen molar-refractivity contribution in [3.05, 3.63) is 18.2 Å². The Hall–Kier alpha value is -0.920. The molecule has 17 heavy (non-hydrogen) atoms. The maximum Gasteiger partial charge on any atom is 0.218 e. The SMILES string of the molecule is O=S(=O)(C1CCNC1)N1CCn2ccnc2C1. The van der Waals surface area contributed by atoms with Crippen LogP contribution in [0.4, 0.5) is 0 Å². The molecule has 1 atom stereocenters. The summed E-state index contributed by atoms with van der Waals surface area (Å²) in [6, 6.07) is 0. The van der Waals surface area contributed by atoms with Crippen LogP contribution in [0.3, 0.4) is 0 Å². The van der Waals surface area contributed by atoms with Crippen molar-refractivity contribution in [1.82, 2.24) is 19.2 Å². The van der Waals surface area contributed by atoms with E-state index in [9.17, 15) is 8.42 Å². The molecular formula is C10H16N4O2S. The van der Waals surface area contributed by atoms with E-state index in [-0.39, 0.29) is 5.25 Å². The van der Waals surface area contributed by atoms with Gasteiger partial charge in [-0.25, -0.2) is 13.4 Å². The van der Waals surface area contributed by atoms with E-state index in [1.807, 2.05) is 10.8 Å². The zero-order chi connectivity index (χ0) is 11.9. The van der Waals surface area contributed by atoms with Crippen LogP contribution in [0.1, 0.15) is 12.2 Å². The molecule has 1 fully saturated rings. The summed E-state index contributed by atoms with van der Waals surface area (Å²) in [6.07, 6.45) is 4.34. The standard InChI is InChI=1S/C10H16N4O2S/c15-17(16,9-1-2-11-7-9)14-6-5-13-4-3-12-10(13)8-14/h3-4,9,11H,1-2,5-8H2. The minimum atomic E-state index is -3.16. The molecule has 1 N–H and O–H groups in total. The zero-order valence-corrected chi connectivity index (χ0v) is 10.4.